The van der Waals surface area contributed by atoms with E-state index in [1.165, 1.54) is 12.1 Å². The minimum absolute atomic E-state index is 0.0280. The van der Waals surface area contributed by atoms with Crippen LogP contribution in [-0.2, 0) is 22.6 Å². The van der Waals surface area contributed by atoms with Crippen LogP contribution in [0.3, 0.4) is 0 Å². The van der Waals surface area contributed by atoms with Gasteiger partial charge in [0.15, 0.2) is 0 Å². The molecule has 1 aliphatic rings. The predicted molar refractivity (Wildman–Crippen MR) is 105 cm³/mol. The quantitative estimate of drug-likeness (QED) is 0.236. The molecule has 1 N–H and O–H groups in total. The molecule has 0 spiro atoms. The number of ether oxygens (including phenoxy) is 2. The molecule has 1 aliphatic carbocycles. The van der Waals surface area contributed by atoms with E-state index in [0.717, 1.165) is 42.8 Å². The van der Waals surface area contributed by atoms with Gasteiger partial charge in [0.2, 0.25) is 0 Å². The fourth-order valence-corrected chi connectivity index (χ4v) is 2.84. The molecule has 8 heteroatoms. The molecule has 148 valence electrons. The molecule has 0 saturated heterocycles. The number of benzene rings is 1. The minimum atomic E-state index is -0.442. The summed E-state index contributed by atoms with van der Waals surface area (Å²) in [5.74, 6) is 1.31. The fourth-order valence-electron chi connectivity index (χ4n) is 2.84. The molecule has 3 rings (SSSR count). The third kappa shape index (κ3) is 7.00. The maximum atomic E-state index is 10.7. The van der Waals surface area contributed by atoms with Gasteiger partial charge in [-0.1, -0.05) is 12.3 Å². The number of allylic oxidation sites excluding steroid dienone is 1. The summed E-state index contributed by atoms with van der Waals surface area (Å²) in [6.07, 6.45) is 7.45. The van der Waals surface area contributed by atoms with Crippen molar-refractivity contribution in [3.05, 3.63) is 71.3 Å². The Kier molecular flexibility index (Phi) is 11.0. The third-order valence-corrected chi connectivity index (χ3v) is 4.08. The van der Waals surface area contributed by atoms with Gasteiger partial charge in [0.1, 0.15) is 11.9 Å². The molecule has 0 radical (unpaired) electrons. The Balaban J connectivity index is 0.000000921. The SMILES string of the molecule is C/C=C(/Oc1ccc([N+](=O)[O-])cc1)O[C@@H]1CCC(c2c[c-]n[nH]2)C1.[CH2-]C.[CH2]=[Zn]. The standard InChI is InChI=1S/C17H18N3O4.C2H5.CH2.Zn/c1-2-17(23-14-7-4-13(5-8-14)20(21)22)24-15-6-3-12(11-15)16-9-10-18-19-16;1-2;;/h2,4-5,7-9,12,15H,3,6,11H2,1H3,(H,18,19);1H2,2H3;1H2;/q2*-1;;/b17-2-;;;/t12?,15-;;;/m1.../s1. The van der Waals surface area contributed by atoms with E-state index in [-0.39, 0.29) is 11.8 Å². The number of aromatic nitrogens is 2. The molecule has 1 saturated carbocycles. The molecule has 2 atom stereocenters. The maximum absolute atomic E-state index is 10.7. The zero-order valence-electron chi connectivity index (χ0n) is 16.4. The average molecular weight is 437 g/mol. The van der Waals surface area contributed by atoms with Crippen LogP contribution in [0.1, 0.15) is 44.7 Å². The summed E-state index contributed by atoms with van der Waals surface area (Å²) in [6.45, 7) is 6.83. The Labute approximate surface area is 175 Å². The number of non-ortho nitro benzene ring substituents is 1. The zero-order chi connectivity index (χ0) is 20.9. The van der Waals surface area contributed by atoms with Gasteiger partial charge in [-0.15, -0.1) is 11.9 Å². The second kappa shape index (κ2) is 12.9. The van der Waals surface area contributed by atoms with E-state index in [0.29, 0.717) is 17.6 Å². The molecule has 0 bridgehead atoms. The first-order valence-electron chi connectivity index (χ1n) is 9.03. The summed E-state index contributed by atoms with van der Waals surface area (Å²) in [4.78, 5) is 10.2. The number of nitrogens with zero attached hydrogens (tertiary/aromatic N) is 2. The second-order valence-electron chi connectivity index (χ2n) is 5.66. The molecule has 1 aromatic carbocycles. The number of nitrogens with one attached hydrogen (secondary N) is 1. The van der Waals surface area contributed by atoms with E-state index in [2.05, 4.69) is 28.4 Å². The molecule has 0 aliphatic heterocycles. The van der Waals surface area contributed by atoms with Crippen LogP contribution in [0.2, 0.25) is 0 Å². The molecule has 7 nitrogen and oxygen atoms in total. The Morgan fingerprint density at radius 1 is 1.39 bits per heavy atom. The van der Waals surface area contributed by atoms with Crippen molar-refractivity contribution in [2.75, 3.05) is 0 Å². The van der Waals surface area contributed by atoms with Gasteiger partial charge >= 0.3 is 23.0 Å². The molecular formula is C20H25N3O4Zn-2. The van der Waals surface area contributed by atoms with Crippen molar-refractivity contribution in [3.63, 3.8) is 0 Å². The molecule has 2 aromatic rings. The van der Waals surface area contributed by atoms with Gasteiger partial charge in [-0.3, -0.25) is 10.1 Å². The molecule has 1 heterocycles. The summed E-state index contributed by atoms with van der Waals surface area (Å²) in [5, 5.41) is 20.9. The van der Waals surface area contributed by atoms with Crippen LogP contribution >= 0.6 is 0 Å². The number of hydrogen-bond acceptors (Lipinski definition) is 5. The van der Waals surface area contributed by atoms with Gasteiger partial charge in [-0.25, -0.2) is 0 Å². The van der Waals surface area contributed by atoms with Crippen molar-refractivity contribution < 1.29 is 32.2 Å². The molecular weight excluding hydrogens is 412 g/mol. The van der Waals surface area contributed by atoms with Crippen LogP contribution < -0.4 is 4.74 Å². The Morgan fingerprint density at radius 2 is 2.07 bits per heavy atom. The molecule has 1 unspecified atom stereocenters. The topological polar surface area (TPSA) is 90.3 Å². The van der Waals surface area contributed by atoms with Gasteiger partial charge in [-0.05, 0) is 38.0 Å². The van der Waals surface area contributed by atoms with Crippen LogP contribution in [0, 0.1) is 23.2 Å². The van der Waals surface area contributed by atoms with Crippen LogP contribution in [-0.4, -0.2) is 26.3 Å². The number of nitro groups is 1. The van der Waals surface area contributed by atoms with E-state index in [1.807, 2.05) is 13.0 Å². The van der Waals surface area contributed by atoms with Crippen LogP contribution in [0.25, 0.3) is 0 Å². The van der Waals surface area contributed by atoms with Crippen molar-refractivity contribution in [2.24, 2.45) is 0 Å². The van der Waals surface area contributed by atoms with E-state index in [4.69, 9.17) is 9.47 Å². The van der Waals surface area contributed by atoms with Gasteiger partial charge in [-0.2, -0.15) is 13.0 Å². The summed E-state index contributed by atoms with van der Waals surface area (Å²) in [6, 6.07) is 7.80. The van der Waals surface area contributed by atoms with Gasteiger partial charge in [0.25, 0.3) is 11.6 Å². The van der Waals surface area contributed by atoms with Crippen molar-refractivity contribution in [3.8, 4) is 5.75 Å². The van der Waals surface area contributed by atoms with Crippen molar-refractivity contribution in [2.45, 2.75) is 45.1 Å². The molecule has 1 aromatic heterocycles. The number of aromatic amines is 1. The first-order chi connectivity index (χ1) is 13.7. The van der Waals surface area contributed by atoms with Crippen molar-refractivity contribution >= 4 is 10.8 Å². The summed E-state index contributed by atoms with van der Waals surface area (Å²) in [7, 11) is 0. The van der Waals surface area contributed by atoms with Crippen molar-refractivity contribution in [1.82, 2.24) is 10.2 Å². The Bertz CT molecular complexity index is 732. The van der Waals surface area contributed by atoms with Gasteiger partial charge in [0.05, 0.1) is 4.92 Å². The molecule has 28 heavy (non-hydrogen) atoms. The number of H-pyrrole nitrogens is 1. The zero-order valence-corrected chi connectivity index (χ0v) is 19.4. The van der Waals surface area contributed by atoms with E-state index in [9.17, 15) is 10.1 Å². The molecule has 0 amide bonds. The van der Waals surface area contributed by atoms with E-state index in [1.54, 1.807) is 25.1 Å². The number of hydrogen-bond donors (Lipinski definition) is 1. The normalized spacial score (nSPS) is 18.2. The predicted octanol–water partition coefficient (Wildman–Crippen LogP) is 4.52. The van der Waals surface area contributed by atoms with Crippen molar-refractivity contribution in [1.29, 1.82) is 0 Å². The Morgan fingerprint density at radius 3 is 2.61 bits per heavy atom. The summed E-state index contributed by atoms with van der Waals surface area (Å²) in [5.41, 5.74) is 1.11. The van der Waals surface area contributed by atoms with Crippen LogP contribution in [0.15, 0.2) is 42.4 Å². The van der Waals surface area contributed by atoms with Gasteiger partial charge < -0.3 is 26.6 Å². The van der Waals surface area contributed by atoms with E-state index >= 15 is 0 Å². The number of rotatable bonds is 6. The van der Waals surface area contributed by atoms with Gasteiger partial charge in [0, 0.05) is 12.1 Å². The number of nitro benzene ring substituents is 1. The Hall–Kier alpha value is -2.34. The first-order valence-corrected chi connectivity index (χ1v) is 11.1. The van der Waals surface area contributed by atoms with Crippen LogP contribution in [0.5, 0.6) is 5.75 Å². The summed E-state index contributed by atoms with van der Waals surface area (Å²) < 4.78 is 11.6. The monoisotopic (exact) mass is 435 g/mol. The first kappa shape index (κ1) is 23.7. The average Bonchev–Trinajstić information content (AvgIpc) is 3.43. The summed E-state index contributed by atoms with van der Waals surface area (Å²) >= 11 is 1.12. The fraction of sp³-hybridized carbons (Fsp3) is 0.350. The second-order valence-corrected chi connectivity index (χ2v) is 5.66. The third-order valence-electron chi connectivity index (χ3n) is 4.08. The van der Waals surface area contributed by atoms with Crippen LogP contribution in [0.4, 0.5) is 5.69 Å². The van der Waals surface area contributed by atoms with E-state index < -0.39 is 4.92 Å². The molecule has 1 fully saturated rings.